The van der Waals surface area contributed by atoms with Gasteiger partial charge in [-0.2, -0.15) is 0 Å². The van der Waals surface area contributed by atoms with Gasteiger partial charge in [0.2, 0.25) is 0 Å². The molecule has 0 aliphatic carbocycles. The second-order valence-corrected chi connectivity index (χ2v) is 6.62. The number of hydrogen-bond acceptors (Lipinski definition) is 2. The van der Waals surface area contributed by atoms with Gasteiger partial charge in [-0.3, -0.25) is 4.90 Å². The second-order valence-electron chi connectivity index (χ2n) is 6.62. The van der Waals surface area contributed by atoms with Gasteiger partial charge in [-0.05, 0) is 49.9 Å². The summed E-state index contributed by atoms with van der Waals surface area (Å²) in [4.78, 5) is 2.51. The van der Waals surface area contributed by atoms with Crippen LogP contribution in [0.2, 0.25) is 0 Å². The van der Waals surface area contributed by atoms with Crippen molar-refractivity contribution in [1.82, 2.24) is 4.90 Å². The Hall–Kier alpha value is -1.02. The van der Waals surface area contributed by atoms with E-state index in [0.29, 0.717) is 11.5 Å². The van der Waals surface area contributed by atoms with Crippen LogP contribution in [0.4, 0.5) is 5.69 Å². The van der Waals surface area contributed by atoms with E-state index < -0.39 is 0 Å². The largest absolute Gasteiger partial charge is 0.399 e. The van der Waals surface area contributed by atoms with Crippen LogP contribution in [-0.4, -0.2) is 17.5 Å². The minimum Gasteiger partial charge on any atom is -0.399 e. The van der Waals surface area contributed by atoms with Gasteiger partial charge >= 0.3 is 0 Å². The number of nitrogens with two attached hydrogens (primary N) is 1. The molecule has 2 N–H and O–H groups in total. The first-order chi connectivity index (χ1) is 8.28. The normalized spacial score (nSPS) is 12.4. The molecule has 0 aliphatic heterocycles. The Kier molecular flexibility index (Phi) is 5.21. The van der Waals surface area contributed by atoms with E-state index >= 15 is 0 Å². The van der Waals surface area contributed by atoms with E-state index in [1.54, 1.807) is 0 Å². The van der Waals surface area contributed by atoms with E-state index in [0.717, 1.165) is 18.8 Å². The fourth-order valence-electron chi connectivity index (χ4n) is 1.92. The second kappa shape index (κ2) is 6.24. The van der Waals surface area contributed by atoms with Crippen LogP contribution in [0.1, 0.15) is 46.6 Å². The predicted molar refractivity (Wildman–Crippen MR) is 80.5 cm³/mol. The number of benzene rings is 1. The van der Waals surface area contributed by atoms with Gasteiger partial charge in [-0.25, -0.2) is 0 Å². The minimum absolute atomic E-state index is 0.392. The molecule has 0 saturated heterocycles. The van der Waals surface area contributed by atoms with Gasteiger partial charge in [0.25, 0.3) is 0 Å². The molecule has 2 heteroatoms. The molecule has 1 rings (SSSR count). The Bertz CT molecular complexity index is 364. The van der Waals surface area contributed by atoms with Gasteiger partial charge in [0.05, 0.1) is 0 Å². The van der Waals surface area contributed by atoms with Crippen LogP contribution < -0.4 is 5.73 Å². The Morgan fingerprint density at radius 3 is 2.39 bits per heavy atom. The average Bonchev–Trinajstić information content (AvgIpc) is 2.22. The zero-order valence-corrected chi connectivity index (χ0v) is 12.5. The molecule has 1 aromatic rings. The lowest BCUT2D eigenvalue weighted by molar-refractivity contribution is 0.181. The van der Waals surface area contributed by atoms with Crippen LogP contribution in [0.15, 0.2) is 24.3 Å². The van der Waals surface area contributed by atoms with Crippen molar-refractivity contribution in [3.63, 3.8) is 0 Å². The third-order valence-corrected chi connectivity index (χ3v) is 3.22. The fraction of sp³-hybridized carbons (Fsp3) is 0.625. The van der Waals surface area contributed by atoms with Crippen LogP contribution in [0.5, 0.6) is 0 Å². The Labute approximate surface area is 112 Å². The molecule has 0 aliphatic rings. The molecule has 18 heavy (non-hydrogen) atoms. The van der Waals surface area contributed by atoms with E-state index in [4.69, 9.17) is 5.73 Å². The van der Waals surface area contributed by atoms with E-state index in [1.807, 2.05) is 12.1 Å². The fourth-order valence-corrected chi connectivity index (χ4v) is 1.92. The zero-order chi connectivity index (χ0) is 13.8. The maximum Gasteiger partial charge on any atom is 0.0317 e. The van der Waals surface area contributed by atoms with Crippen LogP contribution in [0.25, 0.3) is 0 Å². The average molecular weight is 248 g/mol. The topological polar surface area (TPSA) is 29.3 Å². The number of nitrogens with zero attached hydrogens (tertiary/aromatic N) is 1. The maximum absolute atomic E-state index is 5.84. The van der Waals surface area contributed by atoms with E-state index in [9.17, 15) is 0 Å². The number of nitrogen functional groups attached to an aromatic ring is 1. The molecular formula is C16H28N2. The molecule has 0 unspecified atom stereocenters. The van der Waals surface area contributed by atoms with Gasteiger partial charge in [0.15, 0.2) is 0 Å². The Balaban J connectivity index is 2.63. The van der Waals surface area contributed by atoms with Crippen LogP contribution >= 0.6 is 0 Å². The highest BCUT2D eigenvalue weighted by molar-refractivity contribution is 5.40. The SMILES string of the molecule is CC(C)N(CCC(C)(C)C)Cc1cccc(N)c1. The smallest absolute Gasteiger partial charge is 0.0317 e. The van der Waals surface area contributed by atoms with Crippen LogP contribution in [-0.2, 0) is 6.54 Å². The van der Waals surface area contributed by atoms with Gasteiger partial charge < -0.3 is 5.73 Å². The summed E-state index contributed by atoms with van der Waals surface area (Å²) in [5, 5.41) is 0. The van der Waals surface area contributed by atoms with E-state index in [-0.39, 0.29) is 0 Å². The lowest BCUT2D eigenvalue weighted by atomic mass is 9.92. The first-order valence-corrected chi connectivity index (χ1v) is 6.86. The van der Waals surface area contributed by atoms with Gasteiger partial charge in [-0.15, -0.1) is 0 Å². The third kappa shape index (κ3) is 5.54. The molecule has 0 fully saturated rings. The van der Waals surface area contributed by atoms with E-state index in [1.165, 1.54) is 12.0 Å². The van der Waals surface area contributed by atoms with Gasteiger partial charge in [0, 0.05) is 18.3 Å². The molecule has 2 nitrogen and oxygen atoms in total. The molecule has 0 atom stereocenters. The van der Waals surface area contributed by atoms with Crippen molar-refractivity contribution in [2.45, 2.75) is 53.6 Å². The minimum atomic E-state index is 0.392. The summed E-state index contributed by atoms with van der Waals surface area (Å²) >= 11 is 0. The highest BCUT2D eigenvalue weighted by Gasteiger charge is 2.15. The van der Waals surface area contributed by atoms with Crippen molar-refractivity contribution in [1.29, 1.82) is 0 Å². The van der Waals surface area contributed by atoms with Crippen molar-refractivity contribution in [3.8, 4) is 0 Å². The Morgan fingerprint density at radius 2 is 1.89 bits per heavy atom. The number of anilines is 1. The summed E-state index contributed by atoms with van der Waals surface area (Å²) in [6, 6.07) is 8.77. The van der Waals surface area contributed by atoms with Crippen LogP contribution in [0.3, 0.4) is 0 Å². The van der Waals surface area contributed by atoms with Gasteiger partial charge in [0.1, 0.15) is 0 Å². The summed E-state index contributed by atoms with van der Waals surface area (Å²) in [6.07, 6.45) is 1.22. The van der Waals surface area contributed by atoms with Crippen molar-refractivity contribution in [3.05, 3.63) is 29.8 Å². The molecule has 0 amide bonds. The van der Waals surface area contributed by atoms with Gasteiger partial charge in [-0.1, -0.05) is 32.9 Å². The molecule has 0 radical (unpaired) electrons. The number of rotatable bonds is 5. The quantitative estimate of drug-likeness (QED) is 0.800. The summed E-state index contributed by atoms with van der Waals surface area (Å²) in [5.41, 5.74) is 8.38. The number of hydrogen-bond donors (Lipinski definition) is 1. The van der Waals surface area contributed by atoms with Crippen molar-refractivity contribution >= 4 is 5.69 Å². The lowest BCUT2D eigenvalue weighted by Crippen LogP contribution is -2.33. The molecule has 0 spiro atoms. The zero-order valence-electron chi connectivity index (χ0n) is 12.5. The highest BCUT2D eigenvalue weighted by Crippen LogP contribution is 2.21. The summed E-state index contributed by atoms with van der Waals surface area (Å²) in [6.45, 7) is 13.5. The summed E-state index contributed by atoms with van der Waals surface area (Å²) in [7, 11) is 0. The standard InChI is InChI=1S/C16H28N2/c1-13(2)18(10-9-16(3,4)5)12-14-7-6-8-15(17)11-14/h6-8,11,13H,9-10,12,17H2,1-5H3. The van der Waals surface area contributed by atoms with E-state index in [2.05, 4.69) is 51.7 Å². The monoisotopic (exact) mass is 248 g/mol. The Morgan fingerprint density at radius 1 is 1.22 bits per heavy atom. The molecular weight excluding hydrogens is 220 g/mol. The molecule has 1 aromatic carbocycles. The predicted octanol–water partition coefficient (Wildman–Crippen LogP) is 3.92. The van der Waals surface area contributed by atoms with Crippen molar-refractivity contribution in [2.75, 3.05) is 12.3 Å². The molecule has 0 aromatic heterocycles. The summed E-state index contributed by atoms with van der Waals surface area (Å²) in [5.74, 6) is 0. The maximum atomic E-state index is 5.84. The summed E-state index contributed by atoms with van der Waals surface area (Å²) < 4.78 is 0. The lowest BCUT2D eigenvalue weighted by Gasteiger charge is -2.30. The molecule has 102 valence electrons. The van der Waals surface area contributed by atoms with Crippen molar-refractivity contribution in [2.24, 2.45) is 5.41 Å². The highest BCUT2D eigenvalue weighted by atomic mass is 15.1. The molecule has 0 heterocycles. The van der Waals surface area contributed by atoms with Crippen molar-refractivity contribution < 1.29 is 0 Å². The first kappa shape index (κ1) is 15.0. The van der Waals surface area contributed by atoms with Crippen LogP contribution in [0, 0.1) is 5.41 Å². The third-order valence-electron chi connectivity index (χ3n) is 3.22. The first-order valence-electron chi connectivity index (χ1n) is 6.86. The molecule has 0 saturated carbocycles. The molecule has 0 bridgehead atoms.